The number of rotatable bonds is 5. The van der Waals surface area contributed by atoms with Crippen molar-refractivity contribution in [2.45, 2.75) is 26.2 Å². The third-order valence-corrected chi connectivity index (χ3v) is 2.65. The first kappa shape index (κ1) is 11.4. The van der Waals surface area contributed by atoms with Crippen LogP contribution < -0.4 is 4.74 Å². The van der Waals surface area contributed by atoms with Gasteiger partial charge in [-0.05, 0) is 49.1 Å². The number of methoxy groups -OCH3 is 1. The van der Waals surface area contributed by atoms with Crippen LogP contribution in [0.2, 0.25) is 0 Å². The van der Waals surface area contributed by atoms with Gasteiger partial charge in [-0.25, -0.2) is 0 Å². The van der Waals surface area contributed by atoms with E-state index in [4.69, 9.17) is 4.74 Å². The fourth-order valence-corrected chi connectivity index (χ4v) is 1.76. The summed E-state index contributed by atoms with van der Waals surface area (Å²) in [6.07, 6.45) is 3.55. The Morgan fingerprint density at radius 2 is 2.07 bits per heavy atom. The molecule has 0 fully saturated rings. The minimum atomic E-state index is 0.975. The van der Waals surface area contributed by atoms with E-state index in [1.165, 1.54) is 24.0 Å². The highest BCUT2D eigenvalue weighted by atomic mass is 32.1. The molecule has 0 heterocycles. The van der Waals surface area contributed by atoms with Crippen molar-refractivity contribution in [1.29, 1.82) is 0 Å². The summed E-state index contributed by atoms with van der Waals surface area (Å²) in [6.45, 7) is 2.08. The Labute approximate surface area is 91.9 Å². The zero-order chi connectivity index (χ0) is 10.4. The second kappa shape index (κ2) is 5.97. The molecule has 1 aromatic rings. The molecule has 2 heteroatoms. The molecule has 14 heavy (non-hydrogen) atoms. The minimum absolute atomic E-state index is 0.975. The molecule has 0 aliphatic heterocycles. The van der Waals surface area contributed by atoms with Gasteiger partial charge >= 0.3 is 0 Å². The molecule has 1 aromatic carbocycles. The number of aryl methyl sites for hydroxylation is 2. The lowest BCUT2D eigenvalue weighted by Gasteiger charge is -2.06. The summed E-state index contributed by atoms with van der Waals surface area (Å²) in [5, 5.41) is 0. The summed E-state index contributed by atoms with van der Waals surface area (Å²) in [6, 6.07) is 6.40. The summed E-state index contributed by atoms with van der Waals surface area (Å²) in [5.74, 6) is 1.96. The van der Waals surface area contributed by atoms with Gasteiger partial charge in [0.25, 0.3) is 0 Å². The first-order valence-corrected chi connectivity index (χ1v) is 5.65. The molecule has 1 nitrogen and oxygen atoms in total. The van der Waals surface area contributed by atoms with Crippen LogP contribution in [0.1, 0.15) is 24.0 Å². The van der Waals surface area contributed by atoms with Crippen molar-refractivity contribution in [3.05, 3.63) is 29.3 Å². The topological polar surface area (TPSA) is 9.23 Å². The van der Waals surface area contributed by atoms with Gasteiger partial charge in [0.2, 0.25) is 0 Å². The van der Waals surface area contributed by atoms with Gasteiger partial charge in [0.1, 0.15) is 5.75 Å². The molecule has 0 aromatic heterocycles. The Morgan fingerprint density at radius 1 is 1.29 bits per heavy atom. The van der Waals surface area contributed by atoms with Crippen molar-refractivity contribution < 1.29 is 4.74 Å². The molecule has 1 rings (SSSR count). The normalized spacial score (nSPS) is 10.2. The lowest BCUT2D eigenvalue weighted by Crippen LogP contribution is -1.91. The Balaban J connectivity index is 2.57. The van der Waals surface area contributed by atoms with Gasteiger partial charge in [-0.3, -0.25) is 0 Å². The summed E-state index contributed by atoms with van der Waals surface area (Å²) >= 11 is 4.20. The largest absolute Gasteiger partial charge is 0.496 e. The molecule has 0 atom stereocenters. The van der Waals surface area contributed by atoms with Gasteiger partial charge < -0.3 is 4.74 Å². The number of unbranched alkanes of at least 4 members (excludes halogenated alkanes) is 1. The third-order valence-electron chi connectivity index (χ3n) is 2.33. The summed E-state index contributed by atoms with van der Waals surface area (Å²) in [7, 11) is 1.71. The number of hydrogen-bond acceptors (Lipinski definition) is 2. The zero-order valence-corrected chi connectivity index (χ0v) is 9.81. The first-order chi connectivity index (χ1) is 6.77. The van der Waals surface area contributed by atoms with Crippen molar-refractivity contribution in [2.24, 2.45) is 0 Å². The minimum Gasteiger partial charge on any atom is -0.496 e. The predicted octanol–water partition coefficient (Wildman–Crippen LogP) is 3.26. The quantitative estimate of drug-likeness (QED) is 0.580. The van der Waals surface area contributed by atoms with Gasteiger partial charge in [0, 0.05) is 0 Å². The molecule has 0 saturated carbocycles. The average molecular weight is 210 g/mol. The predicted molar refractivity (Wildman–Crippen MR) is 64.5 cm³/mol. The van der Waals surface area contributed by atoms with Crippen LogP contribution in [0.4, 0.5) is 0 Å². The maximum atomic E-state index is 5.21. The van der Waals surface area contributed by atoms with Crippen LogP contribution >= 0.6 is 12.6 Å². The highest BCUT2D eigenvalue weighted by molar-refractivity contribution is 7.80. The van der Waals surface area contributed by atoms with E-state index in [2.05, 4.69) is 31.7 Å². The van der Waals surface area contributed by atoms with E-state index >= 15 is 0 Å². The van der Waals surface area contributed by atoms with E-state index < -0.39 is 0 Å². The van der Waals surface area contributed by atoms with Crippen molar-refractivity contribution in [1.82, 2.24) is 0 Å². The van der Waals surface area contributed by atoms with Crippen molar-refractivity contribution >= 4 is 12.6 Å². The first-order valence-electron chi connectivity index (χ1n) is 5.02. The van der Waals surface area contributed by atoms with Crippen LogP contribution in [0, 0.1) is 6.92 Å². The highest BCUT2D eigenvalue weighted by Gasteiger charge is 1.99. The average Bonchev–Trinajstić information content (AvgIpc) is 2.18. The van der Waals surface area contributed by atoms with Crippen molar-refractivity contribution in [3.63, 3.8) is 0 Å². The standard InChI is InChI=1S/C12H18OS/c1-10-9-11(5-3-4-8-14)6-7-12(10)13-2/h6-7,9,14H,3-5,8H2,1-2H3. The van der Waals surface area contributed by atoms with E-state index in [1.807, 2.05) is 6.07 Å². The van der Waals surface area contributed by atoms with E-state index in [0.29, 0.717) is 0 Å². The van der Waals surface area contributed by atoms with Crippen LogP contribution in [-0.2, 0) is 6.42 Å². The molecule has 78 valence electrons. The second-order valence-electron chi connectivity index (χ2n) is 3.48. The number of ether oxygens (including phenoxy) is 1. The molecule has 0 saturated heterocycles. The van der Waals surface area contributed by atoms with E-state index in [0.717, 1.165) is 17.9 Å². The molecule has 0 spiro atoms. The van der Waals surface area contributed by atoms with Crippen LogP contribution in [0.25, 0.3) is 0 Å². The monoisotopic (exact) mass is 210 g/mol. The van der Waals surface area contributed by atoms with Crippen LogP contribution in [0.5, 0.6) is 5.75 Å². The number of hydrogen-bond donors (Lipinski definition) is 1. The second-order valence-corrected chi connectivity index (χ2v) is 3.93. The van der Waals surface area contributed by atoms with Gasteiger partial charge in [-0.2, -0.15) is 12.6 Å². The maximum absolute atomic E-state index is 5.21. The lowest BCUT2D eigenvalue weighted by molar-refractivity contribution is 0.411. The molecule has 0 amide bonds. The Morgan fingerprint density at radius 3 is 2.64 bits per heavy atom. The van der Waals surface area contributed by atoms with Crippen LogP contribution in [0.15, 0.2) is 18.2 Å². The fraction of sp³-hybridized carbons (Fsp3) is 0.500. The molecule has 0 unspecified atom stereocenters. The van der Waals surface area contributed by atoms with Crippen molar-refractivity contribution in [2.75, 3.05) is 12.9 Å². The van der Waals surface area contributed by atoms with Gasteiger partial charge in [0.05, 0.1) is 7.11 Å². The molecule has 0 bridgehead atoms. The van der Waals surface area contributed by atoms with Crippen LogP contribution in [0.3, 0.4) is 0 Å². The van der Waals surface area contributed by atoms with Crippen molar-refractivity contribution in [3.8, 4) is 5.75 Å². The van der Waals surface area contributed by atoms with Crippen LogP contribution in [-0.4, -0.2) is 12.9 Å². The molecule has 0 aliphatic rings. The fourth-order valence-electron chi connectivity index (χ4n) is 1.54. The molecule has 0 aliphatic carbocycles. The highest BCUT2D eigenvalue weighted by Crippen LogP contribution is 2.19. The zero-order valence-electron chi connectivity index (χ0n) is 8.92. The number of thiol groups is 1. The molecule has 0 N–H and O–H groups in total. The summed E-state index contributed by atoms with van der Waals surface area (Å²) < 4.78 is 5.21. The summed E-state index contributed by atoms with van der Waals surface area (Å²) in [5.41, 5.74) is 2.61. The lowest BCUT2D eigenvalue weighted by atomic mass is 10.1. The molecule has 0 radical (unpaired) electrons. The van der Waals surface area contributed by atoms with E-state index in [9.17, 15) is 0 Å². The van der Waals surface area contributed by atoms with E-state index in [-0.39, 0.29) is 0 Å². The molecular weight excluding hydrogens is 192 g/mol. The maximum Gasteiger partial charge on any atom is 0.121 e. The summed E-state index contributed by atoms with van der Waals surface area (Å²) in [4.78, 5) is 0. The third kappa shape index (κ3) is 3.26. The van der Waals surface area contributed by atoms with E-state index in [1.54, 1.807) is 7.11 Å². The molecular formula is C12H18OS. The number of benzene rings is 1. The van der Waals surface area contributed by atoms with Gasteiger partial charge in [-0.1, -0.05) is 12.1 Å². The Hall–Kier alpha value is -0.630. The van der Waals surface area contributed by atoms with Gasteiger partial charge in [-0.15, -0.1) is 0 Å². The Kier molecular flexibility index (Phi) is 4.88. The smallest absolute Gasteiger partial charge is 0.121 e. The van der Waals surface area contributed by atoms with Gasteiger partial charge in [0.15, 0.2) is 0 Å². The SMILES string of the molecule is COc1ccc(CCCCS)cc1C. The Bertz CT molecular complexity index is 284.